The lowest BCUT2D eigenvalue weighted by Crippen LogP contribution is -2.30. The minimum Gasteiger partial charge on any atom is -0.484 e. The zero-order chi connectivity index (χ0) is 18.0. The van der Waals surface area contributed by atoms with Gasteiger partial charge in [-0.2, -0.15) is 0 Å². The molecule has 0 radical (unpaired) electrons. The molecular weight excluding hydrogens is 316 g/mol. The molecule has 1 aromatic heterocycles. The maximum atomic E-state index is 12.5. The van der Waals surface area contributed by atoms with E-state index in [0.29, 0.717) is 18.3 Å². The highest BCUT2D eigenvalue weighted by Gasteiger charge is 2.23. The van der Waals surface area contributed by atoms with E-state index >= 15 is 0 Å². The number of benzene rings is 1. The summed E-state index contributed by atoms with van der Waals surface area (Å²) >= 11 is 0. The first kappa shape index (κ1) is 17.5. The largest absolute Gasteiger partial charge is 0.484 e. The number of nitrogens with one attached hydrogen (secondary N) is 1. The van der Waals surface area contributed by atoms with E-state index in [2.05, 4.69) is 26.1 Å². The SMILES string of the molecule is CCCn1c(=O)cc(C(C)C)c2ccc(OCC(=O)NC3CC3)cc21. The molecule has 0 saturated heterocycles. The number of aryl methyl sites for hydroxylation is 1. The van der Waals surface area contributed by atoms with Crippen LogP contribution in [0.1, 0.15) is 51.5 Å². The van der Waals surface area contributed by atoms with Crippen molar-refractivity contribution in [3.8, 4) is 5.75 Å². The third-order valence-electron chi connectivity index (χ3n) is 4.50. The van der Waals surface area contributed by atoms with Crippen molar-refractivity contribution in [2.24, 2.45) is 0 Å². The topological polar surface area (TPSA) is 60.3 Å². The number of carbonyl (C=O) groups is 1. The number of fused-ring (bicyclic) bond motifs is 1. The van der Waals surface area contributed by atoms with Gasteiger partial charge in [0.1, 0.15) is 5.75 Å². The average Bonchev–Trinajstić information content (AvgIpc) is 3.39. The number of nitrogens with zero attached hydrogens (tertiary/aromatic N) is 1. The Labute approximate surface area is 148 Å². The van der Waals surface area contributed by atoms with Crippen molar-refractivity contribution >= 4 is 16.8 Å². The molecular formula is C20H26N2O3. The van der Waals surface area contributed by atoms with E-state index in [1.807, 2.05) is 18.2 Å². The van der Waals surface area contributed by atoms with Gasteiger partial charge in [0.15, 0.2) is 6.61 Å². The quantitative estimate of drug-likeness (QED) is 0.840. The summed E-state index contributed by atoms with van der Waals surface area (Å²) in [5, 5.41) is 3.97. The van der Waals surface area contributed by atoms with Gasteiger partial charge in [-0.1, -0.05) is 20.8 Å². The molecule has 1 heterocycles. The smallest absolute Gasteiger partial charge is 0.258 e. The molecule has 0 aliphatic heterocycles. The Morgan fingerprint density at radius 2 is 2.08 bits per heavy atom. The lowest BCUT2D eigenvalue weighted by molar-refractivity contribution is -0.123. The highest BCUT2D eigenvalue weighted by Crippen LogP contribution is 2.27. The molecule has 1 amide bonds. The van der Waals surface area contributed by atoms with Crippen molar-refractivity contribution in [3.05, 3.63) is 40.2 Å². The first-order valence-electron chi connectivity index (χ1n) is 9.09. The van der Waals surface area contributed by atoms with Crippen LogP contribution in [0.5, 0.6) is 5.75 Å². The normalized spacial score (nSPS) is 14.1. The third kappa shape index (κ3) is 4.03. The lowest BCUT2D eigenvalue weighted by Gasteiger charge is -2.16. The molecule has 1 fully saturated rings. The molecule has 0 spiro atoms. The molecule has 1 saturated carbocycles. The Hall–Kier alpha value is -2.30. The van der Waals surface area contributed by atoms with E-state index < -0.39 is 0 Å². The van der Waals surface area contributed by atoms with E-state index in [-0.39, 0.29) is 24.0 Å². The summed E-state index contributed by atoms with van der Waals surface area (Å²) in [6.07, 6.45) is 3.00. The number of rotatable bonds is 7. The van der Waals surface area contributed by atoms with Crippen molar-refractivity contribution in [2.45, 2.75) is 58.5 Å². The Morgan fingerprint density at radius 1 is 1.32 bits per heavy atom. The maximum Gasteiger partial charge on any atom is 0.258 e. The van der Waals surface area contributed by atoms with Gasteiger partial charge in [-0.3, -0.25) is 9.59 Å². The van der Waals surface area contributed by atoms with Gasteiger partial charge in [-0.15, -0.1) is 0 Å². The Morgan fingerprint density at radius 3 is 2.72 bits per heavy atom. The van der Waals surface area contributed by atoms with Crippen LogP contribution in [0.25, 0.3) is 10.9 Å². The van der Waals surface area contributed by atoms with E-state index in [1.165, 1.54) is 0 Å². The molecule has 25 heavy (non-hydrogen) atoms. The highest BCUT2D eigenvalue weighted by molar-refractivity contribution is 5.84. The van der Waals surface area contributed by atoms with Crippen molar-refractivity contribution in [1.82, 2.24) is 9.88 Å². The summed E-state index contributed by atoms with van der Waals surface area (Å²) < 4.78 is 7.44. The first-order valence-corrected chi connectivity index (χ1v) is 9.09. The van der Waals surface area contributed by atoms with Crippen molar-refractivity contribution in [2.75, 3.05) is 6.61 Å². The molecule has 0 unspecified atom stereocenters. The van der Waals surface area contributed by atoms with Crippen LogP contribution in [0.3, 0.4) is 0 Å². The number of aromatic nitrogens is 1. The Balaban J connectivity index is 1.92. The molecule has 3 rings (SSSR count). The summed E-state index contributed by atoms with van der Waals surface area (Å²) in [6, 6.07) is 7.81. The van der Waals surface area contributed by atoms with Gasteiger partial charge in [0, 0.05) is 30.1 Å². The lowest BCUT2D eigenvalue weighted by atomic mass is 9.98. The standard InChI is InChI=1S/C20H26N2O3/c1-4-9-22-18-10-15(25-12-19(23)21-14-5-6-14)7-8-16(18)17(13(2)3)11-20(22)24/h7-8,10-11,13-14H,4-6,9,12H2,1-3H3,(H,21,23). The molecule has 2 aromatic rings. The van der Waals surface area contributed by atoms with Gasteiger partial charge in [-0.25, -0.2) is 0 Å². The van der Waals surface area contributed by atoms with Crippen molar-refractivity contribution in [3.63, 3.8) is 0 Å². The van der Waals surface area contributed by atoms with Gasteiger partial charge < -0.3 is 14.6 Å². The minimum absolute atomic E-state index is 0.00386. The molecule has 1 aliphatic carbocycles. The molecule has 5 nitrogen and oxygen atoms in total. The number of amides is 1. The van der Waals surface area contributed by atoms with Crippen molar-refractivity contribution < 1.29 is 9.53 Å². The van der Waals surface area contributed by atoms with Crippen LogP contribution < -0.4 is 15.6 Å². The van der Waals surface area contributed by atoms with E-state index in [0.717, 1.165) is 35.7 Å². The van der Waals surface area contributed by atoms with E-state index in [9.17, 15) is 9.59 Å². The van der Waals surface area contributed by atoms with Crippen LogP contribution in [0.2, 0.25) is 0 Å². The van der Waals surface area contributed by atoms with E-state index in [1.54, 1.807) is 10.6 Å². The van der Waals surface area contributed by atoms with Gasteiger partial charge in [0.05, 0.1) is 5.52 Å². The molecule has 1 aliphatic rings. The zero-order valence-corrected chi connectivity index (χ0v) is 15.2. The summed E-state index contributed by atoms with van der Waals surface area (Å²) in [7, 11) is 0. The van der Waals surface area contributed by atoms with Crippen LogP contribution in [0, 0.1) is 0 Å². The predicted molar refractivity (Wildman–Crippen MR) is 99.2 cm³/mol. The number of pyridine rings is 1. The van der Waals surface area contributed by atoms with Crippen LogP contribution >= 0.6 is 0 Å². The molecule has 1 aromatic carbocycles. The fraction of sp³-hybridized carbons (Fsp3) is 0.500. The van der Waals surface area contributed by atoms with Gasteiger partial charge in [0.25, 0.3) is 11.5 Å². The maximum absolute atomic E-state index is 12.5. The molecule has 0 atom stereocenters. The first-order chi connectivity index (χ1) is 12.0. The van der Waals surface area contributed by atoms with E-state index in [4.69, 9.17) is 4.74 Å². The second kappa shape index (κ2) is 7.30. The number of hydrogen-bond acceptors (Lipinski definition) is 3. The average molecular weight is 342 g/mol. The summed E-state index contributed by atoms with van der Waals surface area (Å²) in [4.78, 5) is 24.3. The molecule has 1 N–H and O–H groups in total. The van der Waals surface area contributed by atoms with Gasteiger partial charge >= 0.3 is 0 Å². The second-order valence-electron chi connectivity index (χ2n) is 7.05. The third-order valence-corrected chi connectivity index (χ3v) is 4.50. The zero-order valence-electron chi connectivity index (χ0n) is 15.2. The van der Waals surface area contributed by atoms with Gasteiger partial charge in [0.2, 0.25) is 0 Å². The molecule has 5 heteroatoms. The number of carbonyl (C=O) groups excluding carboxylic acids is 1. The van der Waals surface area contributed by atoms with Crippen molar-refractivity contribution in [1.29, 1.82) is 0 Å². The summed E-state index contributed by atoms with van der Waals surface area (Å²) in [5.74, 6) is 0.788. The van der Waals surface area contributed by atoms with Crippen LogP contribution in [0.15, 0.2) is 29.1 Å². The Kier molecular flexibility index (Phi) is 5.11. The van der Waals surface area contributed by atoms with Crippen LogP contribution in [0.4, 0.5) is 0 Å². The summed E-state index contributed by atoms with van der Waals surface area (Å²) in [5.41, 5.74) is 1.94. The summed E-state index contributed by atoms with van der Waals surface area (Å²) in [6.45, 7) is 6.90. The fourth-order valence-corrected chi connectivity index (χ4v) is 3.05. The predicted octanol–water partition coefficient (Wildman–Crippen LogP) is 3.19. The number of ether oxygens (including phenoxy) is 1. The fourth-order valence-electron chi connectivity index (χ4n) is 3.05. The minimum atomic E-state index is -0.0931. The molecule has 0 bridgehead atoms. The molecule has 134 valence electrons. The highest BCUT2D eigenvalue weighted by atomic mass is 16.5. The Bertz CT molecular complexity index is 835. The van der Waals surface area contributed by atoms with Gasteiger partial charge in [-0.05, 0) is 42.9 Å². The van der Waals surface area contributed by atoms with Crippen LogP contribution in [-0.4, -0.2) is 23.1 Å². The van der Waals surface area contributed by atoms with Crippen LogP contribution in [-0.2, 0) is 11.3 Å². The monoisotopic (exact) mass is 342 g/mol. The number of hydrogen-bond donors (Lipinski definition) is 1. The second-order valence-corrected chi connectivity index (χ2v) is 7.05.